The van der Waals surface area contributed by atoms with E-state index in [2.05, 4.69) is 15.3 Å². The Kier molecular flexibility index (Phi) is 4.97. The lowest BCUT2D eigenvalue weighted by molar-refractivity contribution is 0.146. The van der Waals surface area contributed by atoms with Gasteiger partial charge in [0.05, 0.1) is 10.9 Å². The van der Waals surface area contributed by atoms with Crippen LogP contribution in [0, 0.1) is 18.6 Å². The van der Waals surface area contributed by atoms with Gasteiger partial charge in [0, 0.05) is 24.3 Å². The van der Waals surface area contributed by atoms with E-state index in [1.165, 1.54) is 22.9 Å². The molecule has 0 saturated heterocycles. The number of rotatable bonds is 5. The largest absolute Gasteiger partial charge is 0.365 e. The number of aryl methyl sites for hydroxylation is 1. The number of aromatic nitrogens is 3. The maximum atomic E-state index is 14.7. The molecule has 0 bridgehead atoms. The second kappa shape index (κ2) is 7.46. The molecule has 5 nitrogen and oxygen atoms in total. The van der Waals surface area contributed by atoms with Gasteiger partial charge >= 0.3 is 0 Å². The van der Waals surface area contributed by atoms with E-state index < -0.39 is 29.2 Å². The number of nitrogens with one attached hydrogen (secondary N) is 1. The van der Waals surface area contributed by atoms with Crippen molar-refractivity contribution < 1.29 is 17.6 Å². The standard InChI is InChI=1S/C20H18F4N4O/c1-10-26-17-14(9-28(12-5-3-6-12)20(29)16(17)22)19(27-10)25-8-11-4-2-7-13(15(11)21)18(23)24/h2,4,7,9,12,18H,3,5-6,8H2,1H3,(H,25,26,27). The Morgan fingerprint density at radius 1 is 1.21 bits per heavy atom. The topological polar surface area (TPSA) is 59.8 Å². The van der Waals surface area contributed by atoms with Gasteiger partial charge in [-0.3, -0.25) is 4.79 Å². The van der Waals surface area contributed by atoms with Crippen molar-refractivity contribution in [2.45, 2.75) is 45.2 Å². The minimum Gasteiger partial charge on any atom is -0.365 e. The summed E-state index contributed by atoms with van der Waals surface area (Å²) < 4.78 is 56.2. The molecular weight excluding hydrogens is 388 g/mol. The van der Waals surface area contributed by atoms with Crippen molar-refractivity contribution in [3.05, 3.63) is 63.3 Å². The van der Waals surface area contributed by atoms with E-state index in [1.807, 2.05) is 0 Å². The average molecular weight is 406 g/mol. The Morgan fingerprint density at radius 3 is 2.62 bits per heavy atom. The molecule has 1 N–H and O–H groups in total. The Hall–Kier alpha value is -2.97. The van der Waals surface area contributed by atoms with Gasteiger partial charge in [-0.05, 0) is 26.2 Å². The fraction of sp³-hybridized carbons (Fsp3) is 0.350. The summed E-state index contributed by atoms with van der Waals surface area (Å²) in [6, 6.07) is 3.69. The molecule has 1 aromatic carbocycles. The van der Waals surface area contributed by atoms with Gasteiger partial charge < -0.3 is 9.88 Å². The normalized spacial score (nSPS) is 14.4. The van der Waals surface area contributed by atoms with Crippen LogP contribution in [0.4, 0.5) is 23.4 Å². The van der Waals surface area contributed by atoms with E-state index in [4.69, 9.17) is 0 Å². The van der Waals surface area contributed by atoms with Crippen LogP contribution in [0.2, 0.25) is 0 Å². The third-order valence-corrected chi connectivity index (χ3v) is 5.21. The van der Waals surface area contributed by atoms with Crippen LogP contribution < -0.4 is 10.9 Å². The number of nitrogens with zero attached hydrogens (tertiary/aromatic N) is 3. The Labute approximate surface area is 163 Å². The SMILES string of the molecule is Cc1nc(NCc2cccc(C(F)F)c2F)c2cn(C3CCC3)c(=O)c(F)c2n1. The number of pyridine rings is 1. The molecule has 0 spiro atoms. The van der Waals surface area contributed by atoms with Crippen molar-refractivity contribution in [2.24, 2.45) is 0 Å². The molecule has 1 saturated carbocycles. The molecule has 0 aliphatic heterocycles. The molecule has 0 atom stereocenters. The number of benzene rings is 1. The predicted molar refractivity (Wildman–Crippen MR) is 100 cm³/mol. The minimum atomic E-state index is -2.93. The van der Waals surface area contributed by atoms with E-state index in [0.29, 0.717) is 0 Å². The third kappa shape index (κ3) is 3.45. The molecule has 0 amide bonds. The van der Waals surface area contributed by atoms with Gasteiger partial charge in [-0.1, -0.05) is 18.2 Å². The fourth-order valence-electron chi connectivity index (χ4n) is 3.44. The summed E-state index contributed by atoms with van der Waals surface area (Å²) in [6.45, 7) is 1.40. The van der Waals surface area contributed by atoms with Crippen molar-refractivity contribution in [1.82, 2.24) is 14.5 Å². The van der Waals surface area contributed by atoms with E-state index in [-0.39, 0.29) is 40.7 Å². The van der Waals surface area contributed by atoms with Gasteiger partial charge in [0.2, 0.25) is 5.82 Å². The molecule has 1 fully saturated rings. The second-order valence-electron chi connectivity index (χ2n) is 7.10. The van der Waals surface area contributed by atoms with Crippen LogP contribution in [0.25, 0.3) is 10.9 Å². The minimum absolute atomic E-state index is 0.0278. The molecule has 3 aromatic rings. The maximum absolute atomic E-state index is 14.7. The molecule has 1 aliphatic carbocycles. The monoisotopic (exact) mass is 406 g/mol. The van der Waals surface area contributed by atoms with Crippen LogP contribution in [0.3, 0.4) is 0 Å². The number of alkyl halides is 2. The summed E-state index contributed by atoms with van der Waals surface area (Å²) in [6.07, 6.45) is 1.12. The third-order valence-electron chi connectivity index (χ3n) is 5.21. The van der Waals surface area contributed by atoms with Crippen molar-refractivity contribution in [3.63, 3.8) is 0 Å². The highest BCUT2D eigenvalue weighted by atomic mass is 19.3. The Balaban J connectivity index is 1.75. The summed E-state index contributed by atoms with van der Waals surface area (Å²) in [5.41, 5.74) is -1.51. The van der Waals surface area contributed by atoms with Gasteiger partial charge in [-0.25, -0.2) is 23.1 Å². The molecule has 2 aromatic heterocycles. The van der Waals surface area contributed by atoms with Crippen molar-refractivity contribution in [1.29, 1.82) is 0 Å². The predicted octanol–water partition coefficient (Wildman–Crippen LogP) is 4.65. The quantitative estimate of drug-likeness (QED) is 0.627. The molecule has 0 radical (unpaired) electrons. The molecule has 0 unspecified atom stereocenters. The zero-order valence-corrected chi connectivity index (χ0v) is 15.6. The highest BCUT2D eigenvalue weighted by molar-refractivity contribution is 5.88. The van der Waals surface area contributed by atoms with E-state index in [9.17, 15) is 22.4 Å². The van der Waals surface area contributed by atoms with Gasteiger partial charge in [-0.2, -0.15) is 4.39 Å². The van der Waals surface area contributed by atoms with Crippen LogP contribution in [0.5, 0.6) is 0 Å². The number of anilines is 1. The summed E-state index contributed by atoms with van der Waals surface area (Å²) >= 11 is 0. The first-order valence-corrected chi connectivity index (χ1v) is 9.25. The van der Waals surface area contributed by atoms with Crippen LogP contribution in [-0.2, 0) is 6.54 Å². The second-order valence-corrected chi connectivity index (χ2v) is 7.10. The lowest BCUT2D eigenvalue weighted by Gasteiger charge is -2.28. The Bertz CT molecular complexity index is 1140. The Morgan fingerprint density at radius 2 is 1.97 bits per heavy atom. The lowest BCUT2D eigenvalue weighted by Crippen LogP contribution is -2.31. The summed E-state index contributed by atoms with van der Waals surface area (Å²) in [7, 11) is 0. The molecule has 2 heterocycles. The van der Waals surface area contributed by atoms with Gasteiger partial charge in [0.1, 0.15) is 23.0 Å². The van der Waals surface area contributed by atoms with E-state index in [0.717, 1.165) is 25.3 Å². The first-order chi connectivity index (χ1) is 13.9. The average Bonchev–Trinajstić information content (AvgIpc) is 2.64. The molecule has 4 rings (SSSR count). The van der Waals surface area contributed by atoms with Crippen LogP contribution in [-0.4, -0.2) is 14.5 Å². The number of hydrogen-bond donors (Lipinski definition) is 1. The summed E-state index contributed by atoms with van der Waals surface area (Å²) in [5, 5.41) is 3.16. The molecule has 29 heavy (non-hydrogen) atoms. The molecule has 9 heteroatoms. The smallest absolute Gasteiger partial charge is 0.289 e. The van der Waals surface area contributed by atoms with Crippen LogP contribution in [0.15, 0.2) is 29.2 Å². The van der Waals surface area contributed by atoms with E-state index in [1.54, 1.807) is 6.92 Å². The van der Waals surface area contributed by atoms with Crippen LogP contribution >= 0.6 is 0 Å². The maximum Gasteiger partial charge on any atom is 0.289 e. The number of hydrogen-bond acceptors (Lipinski definition) is 4. The van der Waals surface area contributed by atoms with Crippen molar-refractivity contribution >= 4 is 16.7 Å². The van der Waals surface area contributed by atoms with Gasteiger partial charge in [0.15, 0.2) is 0 Å². The highest BCUT2D eigenvalue weighted by Crippen LogP contribution is 2.32. The zero-order chi connectivity index (χ0) is 20.7. The van der Waals surface area contributed by atoms with Crippen molar-refractivity contribution in [2.75, 3.05) is 5.32 Å². The summed E-state index contributed by atoms with van der Waals surface area (Å²) in [4.78, 5) is 20.6. The first-order valence-electron chi connectivity index (χ1n) is 9.25. The van der Waals surface area contributed by atoms with Crippen LogP contribution in [0.1, 0.15) is 48.7 Å². The van der Waals surface area contributed by atoms with Gasteiger partial charge in [-0.15, -0.1) is 0 Å². The highest BCUT2D eigenvalue weighted by Gasteiger charge is 2.24. The van der Waals surface area contributed by atoms with Gasteiger partial charge in [0.25, 0.3) is 12.0 Å². The number of fused-ring (bicyclic) bond motifs is 1. The number of halogens is 4. The van der Waals surface area contributed by atoms with E-state index >= 15 is 0 Å². The zero-order valence-electron chi connectivity index (χ0n) is 15.6. The fourth-order valence-corrected chi connectivity index (χ4v) is 3.44. The molecular formula is C20H18F4N4O. The molecule has 152 valence electrons. The lowest BCUT2D eigenvalue weighted by atomic mass is 9.92. The first kappa shape index (κ1) is 19.4. The molecule has 1 aliphatic rings. The summed E-state index contributed by atoms with van der Waals surface area (Å²) in [5.74, 6) is -1.53. The van der Waals surface area contributed by atoms with Crippen molar-refractivity contribution in [3.8, 4) is 0 Å².